The van der Waals surface area contributed by atoms with Gasteiger partial charge in [0.05, 0.1) is 25.1 Å². The van der Waals surface area contributed by atoms with Crippen molar-refractivity contribution in [1.29, 1.82) is 0 Å². The van der Waals surface area contributed by atoms with Gasteiger partial charge >= 0.3 is 0 Å². The number of sulfonamides is 1. The van der Waals surface area contributed by atoms with Crippen LogP contribution in [0.5, 0.6) is 11.5 Å². The largest absolute Gasteiger partial charge is 0.493 e. The van der Waals surface area contributed by atoms with E-state index in [1.54, 1.807) is 44.4 Å². The van der Waals surface area contributed by atoms with E-state index in [2.05, 4.69) is 5.32 Å². The van der Waals surface area contributed by atoms with Gasteiger partial charge in [0.25, 0.3) is 0 Å². The van der Waals surface area contributed by atoms with E-state index in [0.717, 1.165) is 6.26 Å². The SMILES string of the molecule is COc1ccccc1OC[C@H](C)NC(=O)CCCN(c1cccc(Cl)c1C)S(C)(=O)=O. The molecule has 0 spiro atoms. The summed E-state index contributed by atoms with van der Waals surface area (Å²) in [6.07, 6.45) is 1.69. The van der Waals surface area contributed by atoms with E-state index in [1.165, 1.54) is 4.31 Å². The zero-order valence-electron chi connectivity index (χ0n) is 18.2. The second-order valence-corrected chi connectivity index (χ2v) is 9.57. The zero-order valence-corrected chi connectivity index (χ0v) is 19.8. The Morgan fingerprint density at radius 3 is 2.48 bits per heavy atom. The minimum Gasteiger partial charge on any atom is -0.493 e. The molecule has 0 heterocycles. The molecule has 0 saturated carbocycles. The number of benzene rings is 2. The van der Waals surface area contributed by atoms with Crippen LogP contribution in [0.3, 0.4) is 0 Å². The van der Waals surface area contributed by atoms with Gasteiger partial charge in [-0.2, -0.15) is 0 Å². The molecule has 0 aliphatic carbocycles. The molecule has 0 aromatic heterocycles. The van der Waals surface area contributed by atoms with Crippen molar-refractivity contribution in [3.05, 3.63) is 53.1 Å². The van der Waals surface area contributed by atoms with Gasteiger partial charge in [0.1, 0.15) is 6.61 Å². The molecule has 0 aliphatic heterocycles. The average molecular weight is 469 g/mol. The van der Waals surface area contributed by atoms with E-state index in [-0.39, 0.29) is 31.5 Å². The van der Waals surface area contributed by atoms with E-state index >= 15 is 0 Å². The average Bonchev–Trinajstić information content (AvgIpc) is 2.71. The molecule has 0 unspecified atom stereocenters. The molecule has 1 N–H and O–H groups in total. The van der Waals surface area contributed by atoms with Gasteiger partial charge < -0.3 is 14.8 Å². The van der Waals surface area contributed by atoms with Crippen LogP contribution < -0.4 is 19.1 Å². The van der Waals surface area contributed by atoms with Gasteiger partial charge in [-0.25, -0.2) is 8.42 Å². The number of rotatable bonds is 11. The first kappa shape index (κ1) is 24.8. The Kier molecular flexibility index (Phi) is 9.00. The summed E-state index contributed by atoms with van der Waals surface area (Å²) in [6.45, 7) is 4.07. The van der Waals surface area contributed by atoms with Gasteiger partial charge in [0.15, 0.2) is 11.5 Å². The Balaban J connectivity index is 1.87. The molecule has 0 radical (unpaired) electrons. The molecule has 1 atom stereocenters. The molecule has 1 amide bonds. The van der Waals surface area contributed by atoms with Crippen molar-refractivity contribution in [3.63, 3.8) is 0 Å². The van der Waals surface area contributed by atoms with Gasteiger partial charge in [0.2, 0.25) is 15.9 Å². The third-order valence-corrected chi connectivity index (χ3v) is 6.23. The normalized spacial score (nSPS) is 12.2. The Bertz CT molecular complexity index is 997. The summed E-state index contributed by atoms with van der Waals surface area (Å²) in [7, 11) is -1.95. The maximum atomic E-state index is 12.3. The molecule has 2 rings (SSSR count). The Hall–Kier alpha value is -2.45. The molecule has 31 heavy (non-hydrogen) atoms. The maximum absolute atomic E-state index is 12.3. The van der Waals surface area contributed by atoms with Crippen LogP contribution >= 0.6 is 11.6 Å². The molecule has 0 fully saturated rings. The van der Waals surface area contributed by atoms with E-state index in [4.69, 9.17) is 21.1 Å². The number of amides is 1. The number of hydrogen-bond acceptors (Lipinski definition) is 5. The van der Waals surface area contributed by atoms with Crippen molar-refractivity contribution in [3.8, 4) is 11.5 Å². The summed E-state index contributed by atoms with van der Waals surface area (Å²) >= 11 is 6.14. The molecular formula is C22H29ClN2O5S. The third-order valence-electron chi connectivity index (χ3n) is 4.64. The highest BCUT2D eigenvalue weighted by Gasteiger charge is 2.20. The molecule has 0 aliphatic rings. The Morgan fingerprint density at radius 2 is 1.84 bits per heavy atom. The number of carbonyl (C=O) groups excluding carboxylic acids is 1. The van der Waals surface area contributed by atoms with Gasteiger partial charge in [-0.3, -0.25) is 9.10 Å². The Morgan fingerprint density at radius 1 is 1.16 bits per heavy atom. The fraction of sp³-hybridized carbons (Fsp3) is 0.409. The fourth-order valence-electron chi connectivity index (χ4n) is 3.06. The number of anilines is 1. The number of halogens is 1. The monoisotopic (exact) mass is 468 g/mol. The first-order valence-corrected chi connectivity index (χ1v) is 12.1. The number of nitrogens with one attached hydrogen (secondary N) is 1. The predicted octanol–water partition coefficient (Wildman–Crippen LogP) is 3.79. The predicted molar refractivity (Wildman–Crippen MR) is 124 cm³/mol. The van der Waals surface area contributed by atoms with E-state index in [0.29, 0.717) is 34.2 Å². The molecule has 0 saturated heterocycles. The number of carbonyl (C=O) groups is 1. The first-order chi connectivity index (χ1) is 14.6. The number of ether oxygens (including phenoxy) is 2. The van der Waals surface area contributed by atoms with Crippen LogP contribution in [0.15, 0.2) is 42.5 Å². The van der Waals surface area contributed by atoms with Crippen molar-refractivity contribution >= 4 is 33.2 Å². The van der Waals surface area contributed by atoms with Crippen molar-refractivity contribution in [1.82, 2.24) is 5.32 Å². The lowest BCUT2D eigenvalue weighted by Crippen LogP contribution is -2.37. The maximum Gasteiger partial charge on any atom is 0.232 e. The second-order valence-electron chi connectivity index (χ2n) is 7.25. The van der Waals surface area contributed by atoms with Gasteiger partial charge in [-0.05, 0) is 50.1 Å². The minimum atomic E-state index is -3.51. The van der Waals surface area contributed by atoms with Crippen LogP contribution in [-0.2, 0) is 14.8 Å². The van der Waals surface area contributed by atoms with Crippen molar-refractivity contribution < 1.29 is 22.7 Å². The molecule has 2 aromatic rings. The third kappa shape index (κ3) is 7.33. The highest BCUT2D eigenvalue weighted by atomic mass is 35.5. The fourth-order valence-corrected chi connectivity index (χ4v) is 4.24. The van der Waals surface area contributed by atoms with Crippen LogP contribution in [0.25, 0.3) is 0 Å². The quantitative estimate of drug-likeness (QED) is 0.542. The second kappa shape index (κ2) is 11.2. The van der Waals surface area contributed by atoms with E-state index in [9.17, 15) is 13.2 Å². The number of methoxy groups -OCH3 is 1. The number of para-hydroxylation sites is 2. The lowest BCUT2D eigenvalue weighted by atomic mass is 10.2. The highest BCUT2D eigenvalue weighted by molar-refractivity contribution is 7.92. The topological polar surface area (TPSA) is 84.9 Å². The number of nitrogens with zero attached hydrogens (tertiary/aromatic N) is 1. The minimum absolute atomic E-state index is 0.174. The number of hydrogen-bond donors (Lipinski definition) is 1. The van der Waals surface area contributed by atoms with Gasteiger partial charge in [-0.15, -0.1) is 0 Å². The van der Waals surface area contributed by atoms with Crippen LogP contribution in [0, 0.1) is 6.92 Å². The summed E-state index contributed by atoms with van der Waals surface area (Å²) in [5, 5.41) is 3.36. The summed E-state index contributed by atoms with van der Waals surface area (Å²) < 4.78 is 36.8. The van der Waals surface area contributed by atoms with Gasteiger partial charge in [0, 0.05) is 18.0 Å². The van der Waals surface area contributed by atoms with Crippen molar-refractivity contribution in [2.45, 2.75) is 32.7 Å². The smallest absolute Gasteiger partial charge is 0.232 e. The molecule has 7 nitrogen and oxygen atoms in total. The Labute approximate surface area is 189 Å². The summed E-state index contributed by atoms with van der Waals surface area (Å²) in [5.74, 6) is 1.05. The van der Waals surface area contributed by atoms with Crippen molar-refractivity contribution in [2.75, 3.05) is 30.8 Å². The highest BCUT2D eigenvalue weighted by Crippen LogP contribution is 2.28. The standard InChI is InChI=1S/C22H29ClN2O5S/c1-16(15-30-21-12-6-5-11-20(21)29-3)24-22(26)13-8-14-25(31(4,27)28)19-10-7-9-18(23)17(19)2/h5-7,9-12,16H,8,13-15H2,1-4H3,(H,24,26)/t16-/m0/s1. The lowest BCUT2D eigenvalue weighted by Gasteiger charge is -2.24. The summed E-state index contributed by atoms with van der Waals surface area (Å²) in [6, 6.07) is 12.2. The first-order valence-electron chi connectivity index (χ1n) is 9.91. The molecule has 170 valence electrons. The molecule has 2 aromatic carbocycles. The van der Waals surface area contributed by atoms with Gasteiger partial charge in [-0.1, -0.05) is 29.8 Å². The summed E-state index contributed by atoms with van der Waals surface area (Å²) in [4.78, 5) is 12.3. The molecule has 9 heteroatoms. The summed E-state index contributed by atoms with van der Waals surface area (Å²) in [5.41, 5.74) is 1.20. The van der Waals surface area contributed by atoms with E-state index in [1.807, 2.05) is 19.1 Å². The van der Waals surface area contributed by atoms with Crippen LogP contribution in [0.4, 0.5) is 5.69 Å². The van der Waals surface area contributed by atoms with Crippen LogP contribution in [0.2, 0.25) is 5.02 Å². The van der Waals surface area contributed by atoms with E-state index < -0.39 is 10.0 Å². The molecular weight excluding hydrogens is 440 g/mol. The van der Waals surface area contributed by atoms with Crippen LogP contribution in [-0.4, -0.2) is 46.9 Å². The lowest BCUT2D eigenvalue weighted by molar-refractivity contribution is -0.121. The molecule has 0 bridgehead atoms. The van der Waals surface area contributed by atoms with Crippen LogP contribution in [0.1, 0.15) is 25.3 Å². The zero-order chi connectivity index (χ0) is 23.0. The van der Waals surface area contributed by atoms with Crippen molar-refractivity contribution in [2.24, 2.45) is 0 Å².